The quantitative estimate of drug-likeness (QED) is 0.353. The van der Waals surface area contributed by atoms with Crippen molar-refractivity contribution < 1.29 is 18.7 Å². The number of anilines is 2. The molecular formula is C24H28ClN9O4. The van der Waals surface area contributed by atoms with E-state index < -0.39 is 5.91 Å². The highest BCUT2D eigenvalue weighted by Gasteiger charge is 2.47. The second kappa shape index (κ2) is 9.49. The molecule has 1 spiro atoms. The largest absolute Gasteiger partial charge is 0.376 e. The summed E-state index contributed by atoms with van der Waals surface area (Å²) in [7, 11) is 1.73. The molecule has 5 heterocycles. The average Bonchev–Trinajstić information content (AvgIpc) is 3.49. The number of carbonyl (C=O) groups excluding carboxylic acids is 1. The van der Waals surface area contributed by atoms with Crippen LogP contribution >= 0.6 is 11.6 Å². The molecule has 0 unspecified atom stereocenters. The minimum Gasteiger partial charge on any atom is -0.376 e. The highest BCUT2D eigenvalue weighted by molar-refractivity contribution is 6.35. The first kappa shape index (κ1) is 24.5. The molecular weight excluding hydrogens is 514 g/mol. The lowest BCUT2D eigenvalue weighted by Gasteiger charge is -2.41. The number of benzene rings is 1. The number of nitrogens with one attached hydrogen (secondary N) is 2. The fraction of sp³-hybridized carbons (Fsp3) is 0.417. The molecule has 0 saturated carbocycles. The van der Waals surface area contributed by atoms with Gasteiger partial charge in [0.15, 0.2) is 5.69 Å². The summed E-state index contributed by atoms with van der Waals surface area (Å²) in [5.41, 5.74) is 7.99. The lowest BCUT2D eigenvalue weighted by Crippen LogP contribution is -2.50. The van der Waals surface area contributed by atoms with Crippen molar-refractivity contribution in [3.05, 3.63) is 47.4 Å². The molecule has 2 saturated heterocycles. The van der Waals surface area contributed by atoms with Crippen molar-refractivity contribution in [3.8, 4) is 5.69 Å². The van der Waals surface area contributed by atoms with Gasteiger partial charge in [-0.25, -0.2) is 9.97 Å². The van der Waals surface area contributed by atoms with Crippen molar-refractivity contribution in [2.24, 2.45) is 18.2 Å². The van der Waals surface area contributed by atoms with E-state index in [4.69, 9.17) is 31.2 Å². The van der Waals surface area contributed by atoms with Crippen LogP contribution in [-0.2, 0) is 11.8 Å². The van der Waals surface area contributed by atoms with Crippen molar-refractivity contribution >= 4 is 40.4 Å². The zero-order chi connectivity index (χ0) is 26.4. The Kier molecular flexibility index (Phi) is 6.13. The number of amides is 1. The van der Waals surface area contributed by atoms with Crippen LogP contribution < -0.4 is 16.0 Å². The molecule has 6 rings (SSSR count). The van der Waals surface area contributed by atoms with Gasteiger partial charge in [-0.3, -0.25) is 14.1 Å². The predicted octanol–water partition coefficient (Wildman–Crippen LogP) is 3.03. The van der Waals surface area contributed by atoms with Gasteiger partial charge in [-0.15, -0.1) is 0 Å². The van der Waals surface area contributed by atoms with E-state index >= 15 is 0 Å². The standard InChI is InChI=1S/C24H28ClN9O4/c1-14-20(26)24(13-36-14)7-10-33(11-8-24)18-12-27-23-21(29-18)31-38-34(37-23)17-5-3-4-15(19(17)25)28-22(35)16-6-9-32(2)30-16/h3-6,9,12,14,20H,7-8,10-11,13,26H2,1-2H3,(H,28,35)(H,29,31)/t14-,20+/m0/s1. The number of rotatable bonds is 4. The highest BCUT2D eigenvalue weighted by Crippen LogP contribution is 2.41. The van der Waals surface area contributed by atoms with Gasteiger partial charge in [-0.1, -0.05) is 17.7 Å². The Labute approximate surface area is 222 Å². The van der Waals surface area contributed by atoms with E-state index in [1.54, 1.807) is 48.4 Å². The Balaban J connectivity index is 1.20. The predicted molar refractivity (Wildman–Crippen MR) is 139 cm³/mol. The number of H-pyrrole nitrogens is 1. The fourth-order valence-electron chi connectivity index (χ4n) is 5.07. The van der Waals surface area contributed by atoms with Gasteiger partial charge in [0.2, 0.25) is 5.65 Å². The van der Waals surface area contributed by atoms with E-state index in [1.165, 1.54) is 0 Å². The van der Waals surface area contributed by atoms with Gasteiger partial charge in [-0.2, -0.15) is 10.3 Å². The van der Waals surface area contributed by atoms with Crippen LogP contribution in [0.5, 0.6) is 0 Å². The normalized spacial score (nSPS) is 20.8. The molecule has 38 heavy (non-hydrogen) atoms. The molecule has 3 aromatic heterocycles. The maximum Gasteiger partial charge on any atom is 0.296 e. The van der Waals surface area contributed by atoms with E-state index in [0.717, 1.165) is 30.8 Å². The summed E-state index contributed by atoms with van der Waals surface area (Å²) in [6.45, 7) is 4.35. The van der Waals surface area contributed by atoms with Crippen LogP contribution in [0, 0.1) is 5.41 Å². The first-order chi connectivity index (χ1) is 18.3. The van der Waals surface area contributed by atoms with Crippen LogP contribution in [0.4, 0.5) is 11.5 Å². The van der Waals surface area contributed by atoms with E-state index in [-0.39, 0.29) is 34.0 Å². The Hall–Kier alpha value is -3.81. The molecule has 2 aliphatic heterocycles. The summed E-state index contributed by atoms with van der Waals surface area (Å²) in [5.74, 6) is 0.317. The average molecular weight is 542 g/mol. The zero-order valence-electron chi connectivity index (χ0n) is 20.9. The summed E-state index contributed by atoms with van der Waals surface area (Å²) in [4.78, 5) is 24.9. The van der Waals surface area contributed by atoms with Gasteiger partial charge in [0.25, 0.3) is 11.6 Å². The minimum absolute atomic E-state index is 0.0212. The lowest BCUT2D eigenvalue weighted by molar-refractivity contribution is 0.0713. The maximum atomic E-state index is 12.5. The van der Waals surface area contributed by atoms with Gasteiger partial charge >= 0.3 is 0 Å². The van der Waals surface area contributed by atoms with Gasteiger partial charge in [-0.05, 0) is 42.9 Å². The number of halogens is 1. The number of hydrogen-bond donors (Lipinski definition) is 3. The van der Waals surface area contributed by atoms with Crippen LogP contribution in [0.3, 0.4) is 0 Å². The van der Waals surface area contributed by atoms with E-state index in [1.807, 2.05) is 6.92 Å². The summed E-state index contributed by atoms with van der Waals surface area (Å²) in [5, 5.41) is 9.83. The first-order valence-corrected chi connectivity index (χ1v) is 12.7. The number of aromatic amines is 1. The molecule has 0 radical (unpaired) electrons. The van der Waals surface area contributed by atoms with Crippen LogP contribution in [-0.4, -0.2) is 67.6 Å². The third kappa shape index (κ3) is 4.31. The molecule has 200 valence electrons. The van der Waals surface area contributed by atoms with Crippen LogP contribution in [0.2, 0.25) is 5.02 Å². The SMILES string of the molecule is C[C@@H]1OCC2(CCN(c3cnc4on(-c5cccc(NC(=O)c6ccn(C)n6)c5Cl)o[nH]c4n3)CC2)[C@@H]1N. The van der Waals surface area contributed by atoms with E-state index in [2.05, 4.69) is 30.4 Å². The molecule has 4 aromatic rings. The number of ether oxygens (including phenoxy) is 1. The third-order valence-electron chi connectivity index (χ3n) is 7.42. The summed E-state index contributed by atoms with van der Waals surface area (Å²) < 4.78 is 18.7. The van der Waals surface area contributed by atoms with Crippen molar-refractivity contribution in [1.29, 1.82) is 0 Å². The number of fused-ring (bicyclic) bond motifs is 1. The van der Waals surface area contributed by atoms with Gasteiger partial charge in [0.05, 0.1) is 29.6 Å². The number of nitrogens with zero attached hydrogens (tertiary/aromatic N) is 6. The van der Waals surface area contributed by atoms with Gasteiger partial charge in [0, 0.05) is 37.8 Å². The molecule has 2 aliphatic rings. The number of hydrogen-bond acceptors (Lipinski definition) is 9. The molecule has 13 nitrogen and oxygen atoms in total. The number of aryl methyl sites for hydroxylation is 1. The fourth-order valence-corrected chi connectivity index (χ4v) is 5.31. The van der Waals surface area contributed by atoms with Crippen LogP contribution in [0.25, 0.3) is 17.0 Å². The monoisotopic (exact) mass is 541 g/mol. The van der Waals surface area contributed by atoms with Crippen LogP contribution in [0.15, 0.2) is 45.8 Å². The number of nitrogens with two attached hydrogens (primary N) is 1. The first-order valence-electron chi connectivity index (χ1n) is 12.3. The Morgan fingerprint density at radius 2 is 2.11 bits per heavy atom. The molecule has 14 heteroatoms. The zero-order valence-corrected chi connectivity index (χ0v) is 21.7. The van der Waals surface area contributed by atoms with E-state index in [0.29, 0.717) is 29.4 Å². The van der Waals surface area contributed by atoms with Crippen molar-refractivity contribution in [3.63, 3.8) is 0 Å². The molecule has 1 amide bonds. The number of piperidine rings is 1. The topological polar surface area (TPSA) is 158 Å². The van der Waals surface area contributed by atoms with Crippen LogP contribution in [0.1, 0.15) is 30.3 Å². The second-order valence-electron chi connectivity index (χ2n) is 9.78. The molecule has 4 N–H and O–H groups in total. The second-order valence-corrected chi connectivity index (χ2v) is 10.2. The molecule has 0 aliphatic carbocycles. The smallest absolute Gasteiger partial charge is 0.296 e. The van der Waals surface area contributed by atoms with Gasteiger partial charge < -0.3 is 25.2 Å². The Morgan fingerprint density at radius 1 is 1.29 bits per heavy atom. The van der Waals surface area contributed by atoms with Crippen molar-refractivity contribution in [2.75, 3.05) is 29.9 Å². The molecule has 1 aromatic carbocycles. The highest BCUT2D eigenvalue weighted by atomic mass is 35.5. The van der Waals surface area contributed by atoms with Gasteiger partial charge in [0.1, 0.15) is 11.5 Å². The Bertz CT molecular complexity index is 1520. The maximum absolute atomic E-state index is 12.5. The van der Waals surface area contributed by atoms with Crippen molar-refractivity contribution in [2.45, 2.75) is 31.9 Å². The minimum atomic E-state index is -0.396. The number of aromatic nitrogens is 6. The third-order valence-corrected chi connectivity index (χ3v) is 7.82. The molecule has 2 fully saturated rings. The van der Waals surface area contributed by atoms with Crippen molar-refractivity contribution in [1.82, 2.24) is 29.8 Å². The lowest BCUT2D eigenvalue weighted by atomic mass is 9.73. The van der Waals surface area contributed by atoms with E-state index in [9.17, 15) is 4.79 Å². The summed E-state index contributed by atoms with van der Waals surface area (Å²) >= 11 is 6.57. The summed E-state index contributed by atoms with van der Waals surface area (Å²) in [6, 6.07) is 6.70. The molecule has 0 bridgehead atoms. The molecule has 2 atom stereocenters. The summed E-state index contributed by atoms with van der Waals surface area (Å²) in [6.07, 6.45) is 5.29. The number of carbonyl (C=O) groups is 1. The Morgan fingerprint density at radius 3 is 2.82 bits per heavy atom.